The van der Waals surface area contributed by atoms with Gasteiger partial charge in [-0.2, -0.15) is 8.78 Å². The van der Waals surface area contributed by atoms with Crippen molar-refractivity contribution in [2.24, 2.45) is 0 Å². The molecule has 0 unspecified atom stereocenters. The zero-order valence-electron chi connectivity index (χ0n) is 12.9. The Morgan fingerprint density at radius 1 is 1.26 bits per heavy atom. The second-order valence-corrected chi connectivity index (χ2v) is 6.04. The molecule has 0 fully saturated rings. The average molecular weight is 339 g/mol. The van der Waals surface area contributed by atoms with Crippen LogP contribution in [0.5, 0.6) is 5.75 Å². The van der Waals surface area contributed by atoms with Gasteiger partial charge in [-0.1, -0.05) is 18.2 Å². The van der Waals surface area contributed by atoms with Gasteiger partial charge in [0.2, 0.25) is 5.91 Å². The number of benzene rings is 1. The summed E-state index contributed by atoms with van der Waals surface area (Å²) in [6.07, 6.45) is 0.975. The molecule has 6 heteroatoms. The van der Waals surface area contributed by atoms with Crippen LogP contribution in [0.3, 0.4) is 0 Å². The van der Waals surface area contributed by atoms with E-state index < -0.39 is 6.61 Å². The number of carbonyl (C=O) groups is 1. The minimum absolute atomic E-state index is 0.0915. The third-order valence-corrected chi connectivity index (χ3v) is 4.30. The van der Waals surface area contributed by atoms with Gasteiger partial charge in [-0.15, -0.1) is 11.3 Å². The first-order valence-corrected chi connectivity index (χ1v) is 8.30. The lowest BCUT2D eigenvalue weighted by Gasteiger charge is -2.20. The highest BCUT2D eigenvalue weighted by atomic mass is 32.1. The largest absolute Gasteiger partial charge is 0.435 e. The topological polar surface area (TPSA) is 29.5 Å². The van der Waals surface area contributed by atoms with Crippen LogP contribution in [0, 0.1) is 0 Å². The van der Waals surface area contributed by atoms with Crippen LogP contribution in [0.15, 0.2) is 41.8 Å². The molecular formula is C17H19F2NO2S. The number of nitrogens with zero attached hydrogens (tertiary/aromatic N) is 1. The molecule has 0 aliphatic heterocycles. The van der Waals surface area contributed by atoms with E-state index in [1.54, 1.807) is 23.5 Å². The smallest absolute Gasteiger partial charge is 0.387 e. The molecule has 0 aliphatic carbocycles. The predicted molar refractivity (Wildman–Crippen MR) is 86.8 cm³/mol. The van der Waals surface area contributed by atoms with Crippen molar-refractivity contribution in [1.82, 2.24) is 4.90 Å². The molecule has 1 aromatic carbocycles. The minimum Gasteiger partial charge on any atom is -0.435 e. The zero-order valence-corrected chi connectivity index (χ0v) is 13.7. The van der Waals surface area contributed by atoms with Crippen molar-refractivity contribution in [2.45, 2.75) is 32.9 Å². The highest BCUT2D eigenvalue weighted by Gasteiger charge is 2.13. The highest BCUT2D eigenvalue weighted by Crippen LogP contribution is 2.17. The number of carbonyl (C=O) groups excluding carboxylic acids is 1. The Morgan fingerprint density at radius 2 is 2.00 bits per heavy atom. The van der Waals surface area contributed by atoms with Crippen LogP contribution in [-0.4, -0.2) is 24.0 Å². The normalized spacial score (nSPS) is 10.8. The first-order chi connectivity index (χ1) is 11.1. The summed E-state index contributed by atoms with van der Waals surface area (Å²) in [4.78, 5) is 15.3. The molecule has 1 amide bonds. The second kappa shape index (κ2) is 8.62. The number of rotatable bonds is 8. The first kappa shape index (κ1) is 17.4. The van der Waals surface area contributed by atoms with Crippen LogP contribution >= 0.6 is 11.3 Å². The van der Waals surface area contributed by atoms with Crippen LogP contribution < -0.4 is 4.74 Å². The third kappa shape index (κ3) is 5.63. The Morgan fingerprint density at radius 3 is 2.57 bits per heavy atom. The predicted octanol–water partition coefficient (Wildman–Crippen LogP) is 4.33. The number of alkyl halides is 2. The van der Waals surface area contributed by atoms with Crippen molar-refractivity contribution >= 4 is 17.2 Å². The number of halogens is 2. The SMILES string of the molecule is CCN(Cc1cccs1)C(=O)CCc1ccc(OC(F)F)cc1. The standard InChI is InChI=1S/C17H19F2NO2S/c1-2-20(12-15-4-3-11-23-15)16(21)10-7-13-5-8-14(9-6-13)22-17(18)19/h3-6,8-9,11,17H,2,7,10,12H2,1H3. The summed E-state index contributed by atoms with van der Waals surface area (Å²) in [5, 5.41) is 2.00. The van der Waals surface area contributed by atoms with Crippen molar-refractivity contribution in [2.75, 3.05) is 6.54 Å². The van der Waals surface area contributed by atoms with Crippen LogP contribution in [0.4, 0.5) is 8.78 Å². The fraction of sp³-hybridized carbons (Fsp3) is 0.353. The maximum absolute atomic E-state index is 12.3. The summed E-state index contributed by atoms with van der Waals surface area (Å²) in [6, 6.07) is 10.4. The lowest BCUT2D eigenvalue weighted by molar-refractivity contribution is -0.131. The Balaban J connectivity index is 1.85. The van der Waals surface area contributed by atoms with Gasteiger partial charge in [-0.25, -0.2) is 0 Å². The molecule has 23 heavy (non-hydrogen) atoms. The van der Waals surface area contributed by atoms with Gasteiger partial charge in [0.25, 0.3) is 0 Å². The Kier molecular flexibility index (Phi) is 6.52. The zero-order chi connectivity index (χ0) is 16.7. The van der Waals surface area contributed by atoms with Gasteiger partial charge in [0.1, 0.15) is 5.75 Å². The molecule has 3 nitrogen and oxygen atoms in total. The summed E-state index contributed by atoms with van der Waals surface area (Å²) in [5.74, 6) is 0.219. The minimum atomic E-state index is -2.82. The van der Waals surface area contributed by atoms with E-state index in [1.165, 1.54) is 12.1 Å². The summed E-state index contributed by atoms with van der Waals surface area (Å²) in [5.41, 5.74) is 0.923. The van der Waals surface area contributed by atoms with Gasteiger partial charge in [-0.05, 0) is 42.5 Å². The molecule has 0 spiro atoms. The van der Waals surface area contributed by atoms with Crippen molar-refractivity contribution in [3.63, 3.8) is 0 Å². The van der Waals surface area contributed by atoms with E-state index in [9.17, 15) is 13.6 Å². The first-order valence-electron chi connectivity index (χ1n) is 7.42. The Bertz CT molecular complexity index is 600. The molecule has 1 heterocycles. The summed E-state index contributed by atoms with van der Waals surface area (Å²) in [7, 11) is 0. The number of thiophene rings is 1. The molecule has 0 radical (unpaired) electrons. The van der Waals surface area contributed by atoms with Crippen LogP contribution in [0.1, 0.15) is 23.8 Å². The van der Waals surface area contributed by atoms with E-state index in [1.807, 2.05) is 29.3 Å². The molecule has 0 N–H and O–H groups in total. The van der Waals surface area contributed by atoms with E-state index >= 15 is 0 Å². The van der Waals surface area contributed by atoms with Gasteiger partial charge in [0, 0.05) is 17.8 Å². The summed E-state index contributed by atoms with van der Waals surface area (Å²) >= 11 is 1.64. The third-order valence-electron chi connectivity index (χ3n) is 3.44. The number of hydrogen-bond donors (Lipinski definition) is 0. The van der Waals surface area contributed by atoms with Crippen molar-refractivity contribution in [3.05, 3.63) is 52.2 Å². The van der Waals surface area contributed by atoms with Crippen molar-refractivity contribution in [1.29, 1.82) is 0 Å². The van der Waals surface area contributed by atoms with Gasteiger partial charge in [0.15, 0.2) is 0 Å². The molecule has 2 aromatic rings. The van der Waals surface area contributed by atoms with Crippen molar-refractivity contribution < 1.29 is 18.3 Å². The molecule has 0 aliphatic rings. The molecule has 124 valence electrons. The molecule has 1 aromatic heterocycles. The molecular weight excluding hydrogens is 320 g/mol. The molecule has 0 atom stereocenters. The van der Waals surface area contributed by atoms with E-state index in [2.05, 4.69) is 4.74 Å². The maximum atomic E-state index is 12.3. The van der Waals surface area contributed by atoms with Crippen LogP contribution in [0.25, 0.3) is 0 Å². The fourth-order valence-corrected chi connectivity index (χ4v) is 2.93. The summed E-state index contributed by atoms with van der Waals surface area (Å²) in [6.45, 7) is 0.436. The van der Waals surface area contributed by atoms with Crippen LogP contribution in [0.2, 0.25) is 0 Å². The lowest BCUT2D eigenvalue weighted by atomic mass is 10.1. The summed E-state index contributed by atoms with van der Waals surface area (Å²) < 4.78 is 28.5. The van der Waals surface area contributed by atoms with Crippen molar-refractivity contribution in [3.8, 4) is 5.75 Å². The second-order valence-electron chi connectivity index (χ2n) is 5.01. The number of amides is 1. The van der Waals surface area contributed by atoms with E-state index in [0.717, 1.165) is 10.4 Å². The van der Waals surface area contributed by atoms with Gasteiger partial charge < -0.3 is 9.64 Å². The van der Waals surface area contributed by atoms with Crippen LogP contribution in [-0.2, 0) is 17.8 Å². The Labute approximate surface area is 138 Å². The number of ether oxygens (including phenoxy) is 1. The number of aryl methyl sites for hydroxylation is 1. The molecule has 2 rings (SSSR count). The molecule has 0 saturated heterocycles. The van der Waals surface area contributed by atoms with E-state index in [-0.39, 0.29) is 11.7 Å². The lowest BCUT2D eigenvalue weighted by Crippen LogP contribution is -2.30. The molecule has 0 bridgehead atoms. The highest BCUT2D eigenvalue weighted by molar-refractivity contribution is 7.09. The maximum Gasteiger partial charge on any atom is 0.387 e. The van der Waals surface area contributed by atoms with Gasteiger partial charge >= 0.3 is 6.61 Å². The Hall–Kier alpha value is -1.95. The monoisotopic (exact) mass is 339 g/mol. The number of hydrogen-bond acceptors (Lipinski definition) is 3. The molecule has 0 saturated carbocycles. The van der Waals surface area contributed by atoms with E-state index in [4.69, 9.17) is 0 Å². The van der Waals surface area contributed by atoms with Gasteiger partial charge in [0.05, 0.1) is 6.54 Å². The quantitative estimate of drug-likeness (QED) is 0.716. The van der Waals surface area contributed by atoms with E-state index in [0.29, 0.717) is 25.9 Å². The fourth-order valence-electron chi connectivity index (χ4n) is 2.21. The van der Waals surface area contributed by atoms with Gasteiger partial charge in [-0.3, -0.25) is 4.79 Å². The average Bonchev–Trinajstić information content (AvgIpc) is 3.04.